The molecule has 1 aromatic carbocycles. The van der Waals surface area contributed by atoms with Gasteiger partial charge in [0.15, 0.2) is 0 Å². The van der Waals surface area contributed by atoms with Gasteiger partial charge in [0, 0.05) is 12.1 Å². The van der Waals surface area contributed by atoms with Crippen molar-refractivity contribution in [2.75, 3.05) is 19.7 Å². The zero-order valence-electron chi connectivity index (χ0n) is 14.7. The van der Waals surface area contributed by atoms with E-state index in [0.717, 1.165) is 19.1 Å². The Morgan fingerprint density at radius 3 is 2.36 bits per heavy atom. The van der Waals surface area contributed by atoms with Gasteiger partial charge in [-0.25, -0.2) is 0 Å². The van der Waals surface area contributed by atoms with Gasteiger partial charge in [0.05, 0.1) is 6.61 Å². The molecule has 0 spiro atoms. The van der Waals surface area contributed by atoms with E-state index < -0.39 is 0 Å². The molecule has 0 aromatic heterocycles. The maximum absolute atomic E-state index is 5.76. The van der Waals surface area contributed by atoms with Crippen LogP contribution in [0.2, 0.25) is 0 Å². The van der Waals surface area contributed by atoms with Crippen LogP contribution in [0.4, 0.5) is 0 Å². The zero-order chi connectivity index (χ0) is 15.8. The summed E-state index contributed by atoms with van der Waals surface area (Å²) in [7, 11) is 0. The number of piperidine rings is 1. The summed E-state index contributed by atoms with van der Waals surface area (Å²) in [6.07, 6.45) is 6.65. The van der Waals surface area contributed by atoms with Crippen molar-refractivity contribution in [3.05, 3.63) is 35.9 Å². The fourth-order valence-corrected chi connectivity index (χ4v) is 3.29. The molecule has 2 rings (SSSR count). The normalized spacial score (nSPS) is 17.8. The van der Waals surface area contributed by atoms with Crippen LogP contribution in [-0.2, 0) is 11.3 Å². The van der Waals surface area contributed by atoms with E-state index >= 15 is 0 Å². The average molecular weight is 303 g/mol. The standard InChI is InChI=1S/C20H33NO/c1-20(2,3)21-14-12-18(13-15-21)9-7-8-16-22-17-19-10-5-4-6-11-19/h4-6,10-11,18H,7-9,12-17H2,1-3H3. The van der Waals surface area contributed by atoms with Gasteiger partial charge in [-0.05, 0) is 64.6 Å². The molecule has 0 bridgehead atoms. The molecule has 0 amide bonds. The molecule has 0 N–H and O–H groups in total. The van der Waals surface area contributed by atoms with Crippen LogP contribution in [0.1, 0.15) is 58.4 Å². The zero-order valence-corrected chi connectivity index (χ0v) is 14.7. The molecule has 0 saturated carbocycles. The fourth-order valence-electron chi connectivity index (χ4n) is 3.29. The summed E-state index contributed by atoms with van der Waals surface area (Å²) in [5, 5.41) is 0. The summed E-state index contributed by atoms with van der Waals surface area (Å²) in [6, 6.07) is 10.5. The van der Waals surface area contributed by atoms with Gasteiger partial charge in [0.1, 0.15) is 0 Å². The third kappa shape index (κ3) is 6.10. The number of unbranched alkanes of at least 4 members (excludes halogenated alkanes) is 1. The average Bonchev–Trinajstić information content (AvgIpc) is 2.51. The van der Waals surface area contributed by atoms with Crippen molar-refractivity contribution in [1.29, 1.82) is 0 Å². The van der Waals surface area contributed by atoms with E-state index in [1.165, 1.54) is 50.8 Å². The highest BCUT2D eigenvalue weighted by Gasteiger charge is 2.26. The van der Waals surface area contributed by atoms with Crippen LogP contribution in [-0.4, -0.2) is 30.1 Å². The lowest BCUT2D eigenvalue weighted by atomic mass is 9.89. The fraction of sp³-hybridized carbons (Fsp3) is 0.700. The molecule has 2 nitrogen and oxygen atoms in total. The first kappa shape index (κ1) is 17.5. The molecule has 1 aromatic rings. The molecule has 0 radical (unpaired) electrons. The predicted octanol–water partition coefficient (Wildman–Crippen LogP) is 4.88. The van der Waals surface area contributed by atoms with E-state index in [0.29, 0.717) is 5.54 Å². The second-order valence-electron chi connectivity index (χ2n) is 7.64. The van der Waals surface area contributed by atoms with Gasteiger partial charge >= 0.3 is 0 Å². The Morgan fingerprint density at radius 1 is 1.05 bits per heavy atom. The first-order valence-electron chi connectivity index (χ1n) is 8.92. The first-order chi connectivity index (χ1) is 10.6. The second kappa shape index (κ2) is 8.69. The Kier molecular flexibility index (Phi) is 6.91. The summed E-state index contributed by atoms with van der Waals surface area (Å²) < 4.78 is 5.76. The van der Waals surface area contributed by atoms with E-state index in [4.69, 9.17) is 4.74 Å². The Bertz CT molecular complexity index is 401. The predicted molar refractivity (Wildman–Crippen MR) is 94.0 cm³/mol. The number of hydrogen-bond acceptors (Lipinski definition) is 2. The number of benzene rings is 1. The summed E-state index contributed by atoms with van der Waals surface area (Å²) >= 11 is 0. The van der Waals surface area contributed by atoms with Crippen LogP contribution in [0.25, 0.3) is 0 Å². The minimum Gasteiger partial charge on any atom is -0.377 e. The van der Waals surface area contributed by atoms with E-state index in [-0.39, 0.29) is 0 Å². The Labute approximate surface area is 136 Å². The lowest BCUT2D eigenvalue weighted by molar-refractivity contribution is 0.0820. The summed E-state index contributed by atoms with van der Waals surface area (Å²) in [4.78, 5) is 2.63. The summed E-state index contributed by atoms with van der Waals surface area (Å²) in [6.45, 7) is 11.2. The van der Waals surface area contributed by atoms with Crippen LogP contribution >= 0.6 is 0 Å². The maximum Gasteiger partial charge on any atom is 0.0716 e. The van der Waals surface area contributed by atoms with E-state index in [2.05, 4.69) is 56.0 Å². The van der Waals surface area contributed by atoms with Crippen molar-refractivity contribution < 1.29 is 4.74 Å². The van der Waals surface area contributed by atoms with Gasteiger partial charge in [0.2, 0.25) is 0 Å². The Hall–Kier alpha value is -0.860. The van der Waals surface area contributed by atoms with Crippen LogP contribution in [0.3, 0.4) is 0 Å². The van der Waals surface area contributed by atoms with E-state index in [1.54, 1.807) is 0 Å². The molecular weight excluding hydrogens is 270 g/mol. The van der Waals surface area contributed by atoms with Crippen molar-refractivity contribution in [3.63, 3.8) is 0 Å². The number of likely N-dealkylation sites (tertiary alicyclic amines) is 1. The van der Waals surface area contributed by atoms with Gasteiger partial charge in [-0.2, -0.15) is 0 Å². The van der Waals surface area contributed by atoms with E-state index in [1.807, 2.05) is 0 Å². The Balaban J connectivity index is 1.50. The molecule has 2 heteroatoms. The molecule has 0 aliphatic carbocycles. The Morgan fingerprint density at radius 2 is 1.73 bits per heavy atom. The van der Waals surface area contributed by atoms with Crippen molar-refractivity contribution in [3.8, 4) is 0 Å². The smallest absolute Gasteiger partial charge is 0.0716 e. The highest BCUT2D eigenvalue weighted by atomic mass is 16.5. The van der Waals surface area contributed by atoms with Gasteiger partial charge in [-0.15, -0.1) is 0 Å². The highest BCUT2D eigenvalue weighted by Crippen LogP contribution is 2.26. The second-order valence-corrected chi connectivity index (χ2v) is 7.64. The number of hydrogen-bond donors (Lipinski definition) is 0. The van der Waals surface area contributed by atoms with Crippen molar-refractivity contribution >= 4 is 0 Å². The van der Waals surface area contributed by atoms with Crippen LogP contribution in [0, 0.1) is 5.92 Å². The van der Waals surface area contributed by atoms with Gasteiger partial charge in [0.25, 0.3) is 0 Å². The van der Waals surface area contributed by atoms with Gasteiger partial charge < -0.3 is 4.74 Å². The molecular formula is C20H33NO. The van der Waals surface area contributed by atoms with Crippen LogP contribution in [0.5, 0.6) is 0 Å². The molecule has 1 fully saturated rings. The molecule has 22 heavy (non-hydrogen) atoms. The summed E-state index contributed by atoms with van der Waals surface area (Å²) in [5.41, 5.74) is 1.62. The lowest BCUT2D eigenvalue weighted by Crippen LogP contribution is -2.46. The third-order valence-corrected chi connectivity index (χ3v) is 4.83. The van der Waals surface area contributed by atoms with Crippen LogP contribution in [0.15, 0.2) is 30.3 Å². The molecule has 1 aliphatic heterocycles. The first-order valence-corrected chi connectivity index (χ1v) is 8.92. The van der Waals surface area contributed by atoms with E-state index in [9.17, 15) is 0 Å². The minimum atomic E-state index is 0.344. The number of nitrogens with zero attached hydrogens (tertiary/aromatic N) is 1. The molecule has 0 atom stereocenters. The molecule has 1 heterocycles. The largest absolute Gasteiger partial charge is 0.377 e. The highest BCUT2D eigenvalue weighted by molar-refractivity contribution is 5.13. The third-order valence-electron chi connectivity index (χ3n) is 4.83. The van der Waals surface area contributed by atoms with Crippen molar-refractivity contribution in [2.24, 2.45) is 5.92 Å². The van der Waals surface area contributed by atoms with Crippen molar-refractivity contribution in [1.82, 2.24) is 4.90 Å². The van der Waals surface area contributed by atoms with Gasteiger partial charge in [-0.3, -0.25) is 4.90 Å². The molecule has 1 saturated heterocycles. The molecule has 0 unspecified atom stereocenters. The number of ether oxygens (including phenoxy) is 1. The monoisotopic (exact) mass is 303 g/mol. The minimum absolute atomic E-state index is 0.344. The maximum atomic E-state index is 5.76. The topological polar surface area (TPSA) is 12.5 Å². The van der Waals surface area contributed by atoms with Gasteiger partial charge in [-0.1, -0.05) is 43.2 Å². The quantitative estimate of drug-likeness (QED) is 0.665. The molecule has 124 valence electrons. The number of rotatable bonds is 7. The van der Waals surface area contributed by atoms with Crippen LogP contribution < -0.4 is 0 Å². The SMILES string of the molecule is CC(C)(C)N1CCC(CCCCOCc2ccccc2)CC1. The van der Waals surface area contributed by atoms with Crippen molar-refractivity contribution in [2.45, 2.75) is 65.0 Å². The molecule has 1 aliphatic rings. The lowest BCUT2D eigenvalue weighted by Gasteiger charge is -2.41. The summed E-state index contributed by atoms with van der Waals surface area (Å²) in [5.74, 6) is 0.938.